The molecule has 20 heavy (non-hydrogen) atoms. The van der Waals surface area contributed by atoms with Gasteiger partial charge in [0, 0.05) is 28.5 Å². The summed E-state index contributed by atoms with van der Waals surface area (Å²) >= 11 is 1.77. The summed E-state index contributed by atoms with van der Waals surface area (Å²) in [5, 5.41) is 5.56. The van der Waals surface area contributed by atoms with Gasteiger partial charge in [-0.05, 0) is 31.7 Å². The van der Waals surface area contributed by atoms with E-state index in [2.05, 4.69) is 51.4 Å². The summed E-state index contributed by atoms with van der Waals surface area (Å²) < 4.78 is 0. The molecule has 0 unspecified atom stereocenters. The molecule has 4 heteroatoms. The Morgan fingerprint density at radius 3 is 2.55 bits per heavy atom. The lowest BCUT2D eigenvalue weighted by molar-refractivity contribution is 0.772. The van der Waals surface area contributed by atoms with E-state index in [1.54, 1.807) is 11.3 Å². The largest absolute Gasteiger partial charge is 0.370 e. The van der Waals surface area contributed by atoms with E-state index in [9.17, 15) is 0 Å². The molecule has 1 N–H and O–H groups in total. The fourth-order valence-corrected chi connectivity index (χ4v) is 2.80. The fraction of sp³-hybridized carbons (Fsp3) is 0.500. The molecule has 3 nitrogen and oxygen atoms in total. The van der Waals surface area contributed by atoms with Crippen molar-refractivity contribution in [1.29, 1.82) is 0 Å². The Morgan fingerprint density at radius 1 is 1.25 bits per heavy atom. The summed E-state index contributed by atoms with van der Waals surface area (Å²) in [5.41, 5.74) is 3.45. The molecule has 0 aliphatic rings. The number of hydrogen-bond acceptors (Lipinski definition) is 4. The predicted octanol–water partition coefficient (Wildman–Crippen LogP) is 4.77. The first kappa shape index (κ1) is 15.0. The molecule has 0 spiro atoms. The van der Waals surface area contributed by atoms with Gasteiger partial charge in [0.15, 0.2) is 0 Å². The van der Waals surface area contributed by atoms with Crippen LogP contribution in [0.15, 0.2) is 11.4 Å². The van der Waals surface area contributed by atoms with Crippen LogP contribution in [-0.2, 0) is 0 Å². The molecule has 2 aromatic heterocycles. The topological polar surface area (TPSA) is 37.8 Å². The maximum atomic E-state index is 4.80. The Balaban J connectivity index is 2.55. The minimum Gasteiger partial charge on any atom is -0.370 e. The first-order valence-corrected chi connectivity index (χ1v) is 8.09. The standard InChI is InChI=1S/C16H23N3S/c1-6-8-17-16-11(4)14(13-7-9-20-12(13)5)18-15(19-16)10(2)3/h7,9-10H,6,8H2,1-5H3,(H,17,18,19). The number of aryl methyl sites for hydroxylation is 1. The van der Waals surface area contributed by atoms with Crippen molar-refractivity contribution in [3.8, 4) is 11.3 Å². The Hall–Kier alpha value is -1.42. The van der Waals surface area contributed by atoms with Gasteiger partial charge in [0.2, 0.25) is 0 Å². The lowest BCUT2D eigenvalue weighted by Gasteiger charge is -2.15. The third-order valence-corrected chi connectivity index (χ3v) is 4.18. The molecular formula is C16H23N3S. The van der Waals surface area contributed by atoms with Crippen molar-refractivity contribution in [3.63, 3.8) is 0 Å². The third-order valence-electron chi connectivity index (χ3n) is 3.34. The van der Waals surface area contributed by atoms with E-state index in [-0.39, 0.29) is 0 Å². The fourth-order valence-electron chi connectivity index (χ4n) is 2.10. The van der Waals surface area contributed by atoms with Gasteiger partial charge in [0.1, 0.15) is 11.6 Å². The molecule has 0 amide bonds. The second kappa shape index (κ2) is 6.35. The van der Waals surface area contributed by atoms with Gasteiger partial charge in [-0.25, -0.2) is 9.97 Å². The zero-order valence-corrected chi connectivity index (χ0v) is 13.8. The summed E-state index contributed by atoms with van der Waals surface area (Å²) in [7, 11) is 0. The molecule has 0 saturated carbocycles. The SMILES string of the molecule is CCCNc1nc(C(C)C)nc(-c2ccsc2C)c1C. The average molecular weight is 289 g/mol. The first-order chi connectivity index (χ1) is 9.54. The summed E-state index contributed by atoms with van der Waals surface area (Å²) in [6.45, 7) is 11.6. The predicted molar refractivity (Wildman–Crippen MR) is 87.7 cm³/mol. The van der Waals surface area contributed by atoms with Crippen LogP contribution in [0.4, 0.5) is 5.82 Å². The second-order valence-electron chi connectivity index (χ2n) is 5.38. The van der Waals surface area contributed by atoms with Gasteiger partial charge >= 0.3 is 0 Å². The first-order valence-electron chi connectivity index (χ1n) is 7.21. The number of anilines is 1. The van der Waals surface area contributed by atoms with Crippen molar-refractivity contribution in [3.05, 3.63) is 27.7 Å². The zero-order chi connectivity index (χ0) is 14.7. The highest BCUT2D eigenvalue weighted by Gasteiger charge is 2.16. The van der Waals surface area contributed by atoms with Crippen molar-refractivity contribution in [1.82, 2.24) is 9.97 Å². The number of nitrogens with zero attached hydrogens (tertiary/aromatic N) is 2. The van der Waals surface area contributed by atoms with Crippen molar-refractivity contribution in [2.24, 2.45) is 0 Å². The molecule has 0 aromatic carbocycles. The molecule has 0 saturated heterocycles. The lowest BCUT2D eigenvalue weighted by Crippen LogP contribution is -2.10. The van der Waals surface area contributed by atoms with E-state index in [0.29, 0.717) is 5.92 Å². The molecule has 2 rings (SSSR count). The second-order valence-corrected chi connectivity index (χ2v) is 6.50. The number of hydrogen-bond donors (Lipinski definition) is 1. The summed E-state index contributed by atoms with van der Waals surface area (Å²) in [6, 6.07) is 2.16. The van der Waals surface area contributed by atoms with E-state index in [1.165, 1.54) is 10.4 Å². The van der Waals surface area contributed by atoms with Crippen LogP contribution in [0.5, 0.6) is 0 Å². The van der Waals surface area contributed by atoms with Crippen molar-refractivity contribution in [2.45, 2.75) is 47.0 Å². The third kappa shape index (κ3) is 3.01. The van der Waals surface area contributed by atoms with E-state index >= 15 is 0 Å². The van der Waals surface area contributed by atoms with Crippen molar-refractivity contribution >= 4 is 17.2 Å². The van der Waals surface area contributed by atoms with Crippen molar-refractivity contribution in [2.75, 3.05) is 11.9 Å². The molecule has 2 heterocycles. The summed E-state index contributed by atoms with van der Waals surface area (Å²) in [6.07, 6.45) is 1.09. The highest BCUT2D eigenvalue weighted by Crippen LogP contribution is 2.32. The van der Waals surface area contributed by atoms with Gasteiger partial charge in [-0.3, -0.25) is 0 Å². The molecule has 0 radical (unpaired) electrons. The molecular weight excluding hydrogens is 266 g/mol. The van der Waals surface area contributed by atoms with E-state index in [1.807, 2.05) is 0 Å². The van der Waals surface area contributed by atoms with Crippen LogP contribution in [0.1, 0.15) is 49.4 Å². The van der Waals surface area contributed by atoms with E-state index in [4.69, 9.17) is 9.97 Å². The van der Waals surface area contributed by atoms with Crippen LogP contribution in [0.2, 0.25) is 0 Å². The smallest absolute Gasteiger partial charge is 0.133 e. The van der Waals surface area contributed by atoms with Gasteiger partial charge in [-0.1, -0.05) is 20.8 Å². The summed E-state index contributed by atoms with van der Waals surface area (Å²) in [5.74, 6) is 2.22. The highest BCUT2D eigenvalue weighted by atomic mass is 32.1. The maximum Gasteiger partial charge on any atom is 0.133 e. The molecule has 0 atom stereocenters. The molecule has 2 aromatic rings. The van der Waals surface area contributed by atoms with Gasteiger partial charge in [0.25, 0.3) is 0 Å². The van der Waals surface area contributed by atoms with Crippen molar-refractivity contribution < 1.29 is 0 Å². The summed E-state index contributed by atoms with van der Waals surface area (Å²) in [4.78, 5) is 10.8. The zero-order valence-electron chi connectivity index (χ0n) is 12.9. The number of rotatable bonds is 5. The minimum absolute atomic E-state index is 0.329. The van der Waals surface area contributed by atoms with Crippen LogP contribution in [0.25, 0.3) is 11.3 Å². The monoisotopic (exact) mass is 289 g/mol. The number of nitrogens with one attached hydrogen (secondary N) is 1. The van der Waals surface area contributed by atoms with Crippen LogP contribution in [0.3, 0.4) is 0 Å². The molecule has 0 fully saturated rings. The van der Waals surface area contributed by atoms with Gasteiger partial charge in [-0.2, -0.15) is 0 Å². The van der Waals surface area contributed by atoms with E-state index < -0.39 is 0 Å². The normalized spacial score (nSPS) is 11.1. The van der Waals surface area contributed by atoms with Gasteiger partial charge in [-0.15, -0.1) is 11.3 Å². The molecule has 0 aliphatic heterocycles. The number of thiophene rings is 1. The Kier molecular flexibility index (Phi) is 4.76. The quantitative estimate of drug-likeness (QED) is 0.861. The molecule has 0 aliphatic carbocycles. The highest BCUT2D eigenvalue weighted by molar-refractivity contribution is 7.10. The van der Waals surface area contributed by atoms with Crippen LogP contribution >= 0.6 is 11.3 Å². The number of aromatic nitrogens is 2. The minimum atomic E-state index is 0.329. The van der Waals surface area contributed by atoms with E-state index in [0.717, 1.165) is 35.9 Å². The van der Waals surface area contributed by atoms with Gasteiger partial charge < -0.3 is 5.32 Å². The maximum absolute atomic E-state index is 4.80. The van der Waals surface area contributed by atoms with Crippen LogP contribution < -0.4 is 5.32 Å². The Labute approximate surface area is 125 Å². The lowest BCUT2D eigenvalue weighted by atomic mass is 10.1. The Bertz CT molecular complexity index is 587. The van der Waals surface area contributed by atoms with Crippen LogP contribution in [-0.4, -0.2) is 16.5 Å². The van der Waals surface area contributed by atoms with Crippen LogP contribution in [0, 0.1) is 13.8 Å². The average Bonchev–Trinajstić information content (AvgIpc) is 2.83. The molecule has 108 valence electrons. The van der Waals surface area contributed by atoms with Gasteiger partial charge in [0.05, 0.1) is 5.69 Å². The molecule has 0 bridgehead atoms. The Morgan fingerprint density at radius 2 is 2.00 bits per heavy atom.